The van der Waals surface area contributed by atoms with Crippen LogP contribution in [0.3, 0.4) is 0 Å². The summed E-state index contributed by atoms with van der Waals surface area (Å²) in [7, 11) is -9.71. The van der Waals surface area contributed by atoms with E-state index in [0.29, 0.717) is 10.8 Å². The lowest BCUT2D eigenvalue weighted by molar-refractivity contribution is 0.0694. The smallest absolute Gasteiger partial charge is 0.339 e. The van der Waals surface area contributed by atoms with Gasteiger partial charge in [0.2, 0.25) is 0 Å². The highest BCUT2D eigenvalue weighted by Crippen LogP contribution is 2.41. The van der Waals surface area contributed by atoms with E-state index in [1.54, 1.807) is 18.2 Å². The number of fused-ring (bicyclic) bond motifs is 2. The maximum absolute atomic E-state index is 12.2. The Morgan fingerprint density at radius 2 is 1.44 bits per heavy atom. The molecule has 0 saturated carbocycles. The molecule has 4 N–H and O–H groups in total. The van der Waals surface area contributed by atoms with Crippen molar-refractivity contribution in [2.24, 2.45) is 10.2 Å². The van der Waals surface area contributed by atoms with Gasteiger partial charge in [-0.05, 0) is 23.6 Å². The number of hydrogen-bond donors (Lipinski definition) is 4. The van der Waals surface area contributed by atoms with Crippen molar-refractivity contribution in [3.8, 4) is 5.75 Å². The minimum Gasteiger partial charge on any atom is -0.505 e. The lowest BCUT2D eigenvalue weighted by Gasteiger charge is -2.10. The summed E-state index contributed by atoms with van der Waals surface area (Å²) in [6.45, 7) is 0. The third-order valence-corrected chi connectivity index (χ3v) is 6.83. The quantitative estimate of drug-likeness (QED) is 0.227. The Balaban J connectivity index is 2.02. The summed E-state index contributed by atoms with van der Waals surface area (Å²) >= 11 is 0. The predicted molar refractivity (Wildman–Crippen MR) is 120 cm³/mol. The molecule has 0 aliphatic heterocycles. The van der Waals surface area contributed by atoms with E-state index in [1.807, 2.05) is 0 Å². The molecular formula is C21H14N2O9S2. The van der Waals surface area contributed by atoms with Gasteiger partial charge in [0, 0.05) is 16.2 Å². The number of carboxylic acid groups (broad SMARTS) is 1. The van der Waals surface area contributed by atoms with E-state index < -0.39 is 53.0 Å². The van der Waals surface area contributed by atoms with Crippen LogP contribution in [0, 0.1) is 0 Å². The van der Waals surface area contributed by atoms with Gasteiger partial charge in [0.25, 0.3) is 20.2 Å². The topological polar surface area (TPSA) is 191 Å². The van der Waals surface area contributed by atoms with Gasteiger partial charge >= 0.3 is 5.97 Å². The van der Waals surface area contributed by atoms with Crippen LogP contribution < -0.4 is 0 Å². The summed E-state index contributed by atoms with van der Waals surface area (Å²) in [4.78, 5) is 10.1. The summed E-state index contributed by atoms with van der Waals surface area (Å²) in [5.74, 6) is -2.14. The molecule has 0 spiro atoms. The summed E-state index contributed by atoms with van der Waals surface area (Å²) in [5.41, 5.74) is -1.14. The number of hydrogen-bond acceptors (Lipinski definition) is 8. The fraction of sp³-hybridized carbons (Fsp3) is 0. The van der Waals surface area contributed by atoms with Crippen molar-refractivity contribution in [2.45, 2.75) is 9.79 Å². The van der Waals surface area contributed by atoms with E-state index in [-0.39, 0.29) is 16.5 Å². The number of aromatic carboxylic acids is 1. The van der Waals surface area contributed by atoms with Gasteiger partial charge in [-0.3, -0.25) is 9.11 Å². The number of carbonyl (C=O) groups is 1. The van der Waals surface area contributed by atoms with Crippen LogP contribution in [-0.4, -0.2) is 42.1 Å². The van der Waals surface area contributed by atoms with Gasteiger partial charge in [-0.1, -0.05) is 42.5 Å². The standard InChI is InChI=1S/C21H14N2O9S2/c24-19-15(21(25)26)10-11-4-1-2-5-12(11)18(19)23-22-16-9-8-13-14(20(16)34(30,31)32)6-3-7-17(13)33(27,28)29/h1-10,24H,(H,25,26)(H,27,28,29)(H,30,31,32). The molecule has 4 aromatic carbocycles. The Bertz CT molecular complexity index is 1750. The molecule has 0 fully saturated rings. The van der Waals surface area contributed by atoms with E-state index in [9.17, 15) is 40.9 Å². The van der Waals surface area contributed by atoms with Crippen molar-refractivity contribution in [3.63, 3.8) is 0 Å². The van der Waals surface area contributed by atoms with Gasteiger partial charge in [0.05, 0.1) is 0 Å². The molecule has 0 aliphatic rings. The van der Waals surface area contributed by atoms with E-state index in [4.69, 9.17) is 0 Å². The molecule has 0 bridgehead atoms. The molecule has 0 saturated heterocycles. The van der Waals surface area contributed by atoms with Crippen LogP contribution in [-0.2, 0) is 20.2 Å². The van der Waals surface area contributed by atoms with Crippen LogP contribution in [0.2, 0.25) is 0 Å². The fourth-order valence-corrected chi connectivity index (χ4v) is 5.09. The van der Waals surface area contributed by atoms with Crippen LogP contribution in [0.15, 0.2) is 80.7 Å². The van der Waals surface area contributed by atoms with Crippen molar-refractivity contribution >= 4 is 59.1 Å². The van der Waals surface area contributed by atoms with Crippen LogP contribution >= 0.6 is 0 Å². The Labute approximate surface area is 192 Å². The second kappa shape index (κ2) is 8.14. The molecule has 0 atom stereocenters. The minimum atomic E-state index is -4.99. The van der Waals surface area contributed by atoms with Crippen molar-refractivity contribution in [1.29, 1.82) is 0 Å². The maximum atomic E-state index is 12.2. The SMILES string of the molecule is O=C(O)c1cc2ccccc2c(N=Nc2ccc3c(S(=O)(=O)O)cccc3c2S(=O)(=O)O)c1O. The maximum Gasteiger partial charge on any atom is 0.339 e. The van der Waals surface area contributed by atoms with Crippen LogP contribution in [0.25, 0.3) is 21.5 Å². The second-order valence-corrected chi connectivity index (χ2v) is 9.81. The zero-order chi connectivity index (χ0) is 24.8. The highest BCUT2D eigenvalue weighted by atomic mass is 32.2. The molecule has 0 aliphatic carbocycles. The van der Waals surface area contributed by atoms with Gasteiger partial charge in [-0.25, -0.2) is 4.79 Å². The number of carboxylic acids is 1. The molecule has 0 radical (unpaired) electrons. The highest BCUT2D eigenvalue weighted by Gasteiger charge is 2.24. The van der Waals surface area contributed by atoms with Gasteiger partial charge in [0.15, 0.2) is 5.75 Å². The third-order valence-electron chi connectivity index (χ3n) is 4.97. The van der Waals surface area contributed by atoms with Gasteiger partial charge < -0.3 is 10.2 Å². The molecule has 4 aromatic rings. The molecule has 0 amide bonds. The fourth-order valence-electron chi connectivity index (χ4n) is 3.55. The first-order chi connectivity index (χ1) is 15.9. The first kappa shape index (κ1) is 23.3. The number of rotatable bonds is 5. The van der Waals surface area contributed by atoms with Crippen molar-refractivity contribution in [3.05, 3.63) is 66.2 Å². The number of benzene rings is 4. The van der Waals surface area contributed by atoms with Crippen molar-refractivity contribution < 1.29 is 40.9 Å². The number of phenols is 1. The molecule has 0 unspecified atom stereocenters. The Morgan fingerprint density at radius 1 is 0.765 bits per heavy atom. The van der Waals surface area contributed by atoms with Gasteiger partial charge in [0.1, 0.15) is 26.7 Å². The number of nitrogens with zero attached hydrogens (tertiary/aromatic N) is 2. The van der Waals surface area contributed by atoms with E-state index in [0.717, 1.165) is 24.3 Å². The Morgan fingerprint density at radius 3 is 2.09 bits per heavy atom. The zero-order valence-corrected chi connectivity index (χ0v) is 18.4. The molecule has 11 nitrogen and oxygen atoms in total. The first-order valence-corrected chi connectivity index (χ1v) is 12.2. The van der Waals surface area contributed by atoms with E-state index >= 15 is 0 Å². The van der Waals surface area contributed by atoms with E-state index in [2.05, 4.69) is 10.2 Å². The highest BCUT2D eigenvalue weighted by molar-refractivity contribution is 7.86. The molecule has 0 heterocycles. The van der Waals surface area contributed by atoms with Gasteiger partial charge in [-0.2, -0.15) is 16.8 Å². The Hall–Kier alpha value is -3.91. The Kier molecular flexibility index (Phi) is 5.57. The van der Waals surface area contributed by atoms with Crippen LogP contribution in [0.5, 0.6) is 5.75 Å². The van der Waals surface area contributed by atoms with Crippen molar-refractivity contribution in [1.82, 2.24) is 0 Å². The zero-order valence-electron chi connectivity index (χ0n) is 16.8. The van der Waals surface area contributed by atoms with Gasteiger partial charge in [-0.15, -0.1) is 10.2 Å². The average Bonchev–Trinajstić information content (AvgIpc) is 2.75. The summed E-state index contributed by atoms with van der Waals surface area (Å²) in [5, 5.41) is 27.8. The number of azo groups is 1. The van der Waals surface area contributed by atoms with Crippen LogP contribution in [0.4, 0.5) is 11.4 Å². The summed E-state index contributed by atoms with van der Waals surface area (Å²) in [6.07, 6.45) is 0. The summed E-state index contributed by atoms with van der Waals surface area (Å²) < 4.78 is 67.0. The molecule has 4 rings (SSSR count). The molecule has 13 heteroatoms. The number of aromatic hydroxyl groups is 1. The second-order valence-electron chi connectivity index (χ2n) is 7.06. The predicted octanol–water partition coefficient (Wildman–Crippen LogP) is 4.31. The molecule has 174 valence electrons. The van der Waals surface area contributed by atoms with Crippen LogP contribution in [0.1, 0.15) is 10.4 Å². The largest absolute Gasteiger partial charge is 0.505 e. The average molecular weight is 502 g/mol. The molecule has 0 aromatic heterocycles. The lowest BCUT2D eigenvalue weighted by atomic mass is 10.0. The molecular weight excluding hydrogens is 488 g/mol. The normalized spacial score (nSPS) is 12.5. The summed E-state index contributed by atoms with van der Waals surface area (Å²) in [6, 6.07) is 13.2. The first-order valence-electron chi connectivity index (χ1n) is 9.30. The minimum absolute atomic E-state index is 0.197. The van der Waals surface area contributed by atoms with Crippen molar-refractivity contribution in [2.75, 3.05) is 0 Å². The third kappa shape index (κ3) is 4.08. The lowest BCUT2D eigenvalue weighted by Crippen LogP contribution is -2.03. The monoisotopic (exact) mass is 502 g/mol. The van der Waals surface area contributed by atoms with E-state index in [1.165, 1.54) is 18.2 Å². The molecule has 34 heavy (non-hydrogen) atoms.